The molecule has 1 fully saturated rings. The number of hydrogen-bond acceptors (Lipinski definition) is 5. The number of hydrogen-bond donors (Lipinski definition) is 3. The number of piperidine rings is 1. The van der Waals surface area contributed by atoms with E-state index in [1.54, 1.807) is 0 Å². The van der Waals surface area contributed by atoms with Crippen LogP contribution >= 0.6 is 0 Å². The van der Waals surface area contributed by atoms with Gasteiger partial charge in [-0.05, 0) is 62.9 Å². The van der Waals surface area contributed by atoms with Crippen LogP contribution < -0.4 is 26.6 Å². The smallest absolute Gasteiger partial charge is 0.276 e. The predicted molar refractivity (Wildman–Crippen MR) is 141 cm³/mol. The van der Waals surface area contributed by atoms with Crippen molar-refractivity contribution in [3.63, 3.8) is 0 Å². The Balaban J connectivity index is 1.26. The first-order valence-electron chi connectivity index (χ1n) is 12.5. The Bertz CT molecular complexity index is 1610. The van der Waals surface area contributed by atoms with E-state index in [1.807, 2.05) is 59.3 Å². The molecule has 1 amide bonds. The van der Waals surface area contributed by atoms with Gasteiger partial charge in [-0.3, -0.25) is 14.3 Å². The van der Waals surface area contributed by atoms with E-state index in [0.717, 1.165) is 72.7 Å². The van der Waals surface area contributed by atoms with Gasteiger partial charge >= 0.3 is 0 Å². The fourth-order valence-electron chi connectivity index (χ4n) is 5.21. The molecule has 182 valence electrons. The zero-order valence-electron chi connectivity index (χ0n) is 20.0. The van der Waals surface area contributed by atoms with Crippen molar-refractivity contribution in [2.75, 3.05) is 18.4 Å². The first kappa shape index (κ1) is 22.4. The summed E-state index contributed by atoms with van der Waals surface area (Å²) in [4.78, 5) is 25.4. The van der Waals surface area contributed by atoms with Crippen LogP contribution in [0.5, 0.6) is 0 Å². The molecular weight excluding hydrogens is 452 g/mol. The Kier molecular flexibility index (Phi) is 5.95. The molecule has 0 saturated carbocycles. The second kappa shape index (κ2) is 9.54. The molecule has 2 aromatic heterocycles. The van der Waals surface area contributed by atoms with Gasteiger partial charge in [0.1, 0.15) is 0 Å². The van der Waals surface area contributed by atoms with Crippen LogP contribution in [0.2, 0.25) is 0 Å². The second-order valence-corrected chi connectivity index (χ2v) is 9.49. The van der Waals surface area contributed by atoms with E-state index in [-0.39, 0.29) is 11.5 Å². The van der Waals surface area contributed by atoms with E-state index in [9.17, 15) is 9.59 Å². The van der Waals surface area contributed by atoms with Gasteiger partial charge in [0.25, 0.3) is 11.5 Å². The van der Waals surface area contributed by atoms with E-state index in [2.05, 4.69) is 26.9 Å². The number of aromatic amines is 1. The molecular formula is C28H28N6O2. The Morgan fingerprint density at radius 3 is 2.56 bits per heavy atom. The first-order chi connectivity index (χ1) is 17.7. The van der Waals surface area contributed by atoms with Crippen LogP contribution in [0, 0.1) is 5.92 Å². The topological polar surface area (TPSA) is 105 Å². The number of carbonyl (C=O) groups excluding carboxylic acids is 1. The number of anilines is 1. The van der Waals surface area contributed by atoms with Crippen LogP contribution in [0.1, 0.15) is 36.2 Å². The van der Waals surface area contributed by atoms with Gasteiger partial charge in [-0.2, -0.15) is 10.2 Å². The third-order valence-corrected chi connectivity index (χ3v) is 7.10. The molecule has 3 N–H and O–H groups in total. The van der Waals surface area contributed by atoms with Crippen molar-refractivity contribution in [3.05, 3.63) is 75.0 Å². The van der Waals surface area contributed by atoms with Crippen molar-refractivity contribution >= 4 is 34.6 Å². The highest BCUT2D eigenvalue weighted by molar-refractivity contribution is 6.11. The summed E-state index contributed by atoms with van der Waals surface area (Å²) in [6, 6.07) is 15.4. The van der Waals surface area contributed by atoms with E-state index in [1.165, 1.54) is 0 Å². The first-order valence-corrected chi connectivity index (χ1v) is 12.5. The second-order valence-electron chi connectivity index (χ2n) is 9.49. The molecule has 1 saturated heterocycles. The van der Waals surface area contributed by atoms with Crippen LogP contribution in [0.3, 0.4) is 0 Å². The molecule has 36 heavy (non-hydrogen) atoms. The lowest BCUT2D eigenvalue weighted by atomic mass is 9.98. The molecule has 0 atom stereocenters. The monoisotopic (exact) mass is 480 g/mol. The Morgan fingerprint density at radius 1 is 1.00 bits per heavy atom. The summed E-state index contributed by atoms with van der Waals surface area (Å²) >= 11 is 0. The molecule has 0 bridgehead atoms. The molecule has 0 radical (unpaired) electrons. The van der Waals surface area contributed by atoms with Gasteiger partial charge in [-0.15, -0.1) is 0 Å². The van der Waals surface area contributed by atoms with Crippen molar-refractivity contribution in [1.82, 2.24) is 25.3 Å². The summed E-state index contributed by atoms with van der Waals surface area (Å²) < 4.78 is 1.99. The van der Waals surface area contributed by atoms with E-state index < -0.39 is 0 Å². The van der Waals surface area contributed by atoms with E-state index in [0.29, 0.717) is 22.5 Å². The molecule has 2 aromatic carbocycles. The maximum absolute atomic E-state index is 13.3. The molecule has 0 unspecified atom stereocenters. The van der Waals surface area contributed by atoms with Crippen molar-refractivity contribution in [1.29, 1.82) is 0 Å². The minimum absolute atomic E-state index is 0.166. The van der Waals surface area contributed by atoms with E-state index >= 15 is 0 Å². The Hall–Kier alpha value is -4.04. The van der Waals surface area contributed by atoms with Crippen LogP contribution in [-0.4, -0.2) is 39.0 Å². The summed E-state index contributed by atoms with van der Waals surface area (Å²) in [6.45, 7) is 2.87. The van der Waals surface area contributed by atoms with Crippen molar-refractivity contribution in [2.45, 2.75) is 32.2 Å². The number of para-hydroxylation sites is 1. The predicted octanol–water partition coefficient (Wildman–Crippen LogP) is 2.39. The summed E-state index contributed by atoms with van der Waals surface area (Å²) in [5.74, 6) is 0.325. The van der Waals surface area contributed by atoms with Gasteiger partial charge in [0.2, 0.25) is 0 Å². The summed E-state index contributed by atoms with van der Waals surface area (Å²) in [6.07, 6.45) is 8.00. The van der Waals surface area contributed by atoms with Crippen LogP contribution in [0.25, 0.3) is 34.3 Å². The molecule has 8 nitrogen and oxygen atoms in total. The number of fused-ring (bicyclic) bond motifs is 2. The third kappa shape index (κ3) is 4.24. The largest absolute Gasteiger partial charge is 0.321 e. The lowest BCUT2D eigenvalue weighted by molar-refractivity contribution is 0.102. The van der Waals surface area contributed by atoms with Crippen molar-refractivity contribution in [3.8, 4) is 11.3 Å². The fraction of sp³-hybridized carbons (Fsp3) is 0.286. The number of amides is 1. The summed E-state index contributed by atoms with van der Waals surface area (Å²) in [5, 5.41) is 20.4. The average Bonchev–Trinajstić information content (AvgIpc) is 3.29. The lowest BCUT2D eigenvalue weighted by Gasteiger charge is -2.22. The van der Waals surface area contributed by atoms with E-state index in [4.69, 9.17) is 5.10 Å². The lowest BCUT2D eigenvalue weighted by Crippen LogP contribution is -2.44. The highest BCUT2D eigenvalue weighted by atomic mass is 16.2. The summed E-state index contributed by atoms with van der Waals surface area (Å²) in [7, 11) is 0. The molecule has 6 rings (SSSR count). The maximum Gasteiger partial charge on any atom is 0.276 e. The molecule has 1 aliphatic heterocycles. The zero-order chi connectivity index (χ0) is 24.5. The summed E-state index contributed by atoms with van der Waals surface area (Å²) in [5.41, 5.74) is 3.54. The minimum atomic E-state index is -0.231. The van der Waals surface area contributed by atoms with Crippen LogP contribution in [0.4, 0.5) is 5.69 Å². The number of rotatable bonds is 5. The third-order valence-electron chi connectivity index (χ3n) is 7.10. The van der Waals surface area contributed by atoms with Gasteiger partial charge in [-0.1, -0.05) is 42.5 Å². The SMILES string of the molecule is O=C(Nc1ccc(-c2n[nH]c(=O)c3c2=CCCC=3)cc1)c1nn(CC2CCNCC2)c2ccccc12. The highest BCUT2D eigenvalue weighted by Gasteiger charge is 2.20. The number of benzene rings is 2. The number of aromatic nitrogens is 4. The number of nitrogens with zero attached hydrogens (tertiary/aromatic N) is 3. The standard InChI is InChI=1S/C28H28N6O2/c35-27-22-6-2-1-5-21(22)25(31-32-27)19-9-11-20(12-10-19)30-28(36)26-23-7-3-4-8-24(23)34(33-26)17-18-13-15-29-16-14-18/h3-12,18,29H,1-2,13-17H2,(H,30,36)(H,32,35). The van der Waals surface area contributed by atoms with Crippen molar-refractivity contribution < 1.29 is 4.79 Å². The van der Waals surface area contributed by atoms with Crippen LogP contribution in [-0.2, 0) is 6.54 Å². The minimum Gasteiger partial charge on any atom is -0.321 e. The molecule has 2 aliphatic rings. The molecule has 1 aliphatic carbocycles. The number of carbonyl (C=O) groups is 1. The zero-order valence-corrected chi connectivity index (χ0v) is 20.0. The molecule has 0 spiro atoms. The fourth-order valence-corrected chi connectivity index (χ4v) is 5.21. The average molecular weight is 481 g/mol. The van der Waals surface area contributed by atoms with Gasteiger partial charge in [-0.25, -0.2) is 5.10 Å². The van der Waals surface area contributed by atoms with Crippen molar-refractivity contribution in [2.24, 2.45) is 5.92 Å². The normalized spacial score (nSPS) is 15.7. The van der Waals surface area contributed by atoms with Gasteiger partial charge < -0.3 is 10.6 Å². The van der Waals surface area contributed by atoms with Gasteiger partial charge in [0, 0.05) is 33.6 Å². The molecule has 4 aromatic rings. The molecule has 3 heterocycles. The van der Waals surface area contributed by atoms with Gasteiger partial charge in [0.15, 0.2) is 5.69 Å². The quantitative estimate of drug-likeness (QED) is 0.407. The Morgan fingerprint density at radius 2 is 1.75 bits per heavy atom. The van der Waals surface area contributed by atoms with Gasteiger partial charge in [0.05, 0.1) is 11.2 Å². The number of H-pyrrole nitrogens is 1. The highest BCUT2D eigenvalue weighted by Crippen LogP contribution is 2.23. The Labute approximate surface area is 207 Å². The maximum atomic E-state index is 13.3. The molecule has 8 heteroatoms. The van der Waals surface area contributed by atoms with Crippen LogP contribution in [0.15, 0.2) is 53.3 Å². The number of nitrogens with one attached hydrogen (secondary N) is 3.